The number of aromatic nitrogens is 4. The van der Waals surface area contributed by atoms with E-state index in [0.29, 0.717) is 24.0 Å². The van der Waals surface area contributed by atoms with Crippen LogP contribution < -0.4 is 15.5 Å². The number of hydrogen-bond donors (Lipinski definition) is 2. The van der Waals surface area contributed by atoms with E-state index >= 15 is 0 Å². The van der Waals surface area contributed by atoms with Gasteiger partial charge in [-0.25, -0.2) is 4.98 Å². The molecule has 2 N–H and O–H groups in total. The zero-order valence-corrected chi connectivity index (χ0v) is 26.2. The van der Waals surface area contributed by atoms with Crippen molar-refractivity contribution in [2.24, 2.45) is 7.05 Å². The second-order valence-electron chi connectivity index (χ2n) is 12.9. The lowest BCUT2D eigenvalue weighted by atomic mass is 9.92. The lowest BCUT2D eigenvalue weighted by molar-refractivity contribution is -0.138. The molecule has 0 unspecified atom stereocenters. The van der Waals surface area contributed by atoms with Gasteiger partial charge in [0, 0.05) is 30.8 Å². The van der Waals surface area contributed by atoms with Gasteiger partial charge in [-0.2, -0.15) is 31.6 Å². The van der Waals surface area contributed by atoms with E-state index in [9.17, 15) is 36.4 Å². The molecule has 2 aliphatic carbocycles. The average Bonchev–Trinajstić information content (AvgIpc) is 3.49. The van der Waals surface area contributed by atoms with E-state index in [0.717, 1.165) is 42.4 Å². The molecule has 1 aliphatic heterocycles. The minimum atomic E-state index is -4.74. The van der Waals surface area contributed by atoms with Gasteiger partial charge in [0.15, 0.2) is 5.82 Å². The summed E-state index contributed by atoms with van der Waals surface area (Å²) in [4.78, 5) is 19.6. The zero-order valence-electron chi connectivity index (χ0n) is 26.2. The number of alkyl halides is 6. The number of benzene rings is 2. The van der Waals surface area contributed by atoms with Gasteiger partial charge in [-0.15, -0.1) is 10.2 Å². The van der Waals surface area contributed by atoms with Gasteiger partial charge in [-0.05, 0) is 90.4 Å². The van der Waals surface area contributed by atoms with Crippen molar-refractivity contribution in [2.45, 2.75) is 75.5 Å². The van der Waals surface area contributed by atoms with Crippen molar-refractivity contribution in [1.82, 2.24) is 25.1 Å². The summed E-state index contributed by atoms with van der Waals surface area (Å²) >= 11 is 0. The zero-order chi connectivity index (χ0) is 34.7. The highest BCUT2D eigenvalue weighted by Gasteiger charge is 2.44. The first-order valence-electron chi connectivity index (χ1n) is 15.8. The molecular weight excluding hydrogens is 650 g/mol. The van der Waals surface area contributed by atoms with E-state index in [-0.39, 0.29) is 58.7 Å². The summed E-state index contributed by atoms with van der Waals surface area (Å²) in [5, 5.41) is 23.8. The van der Waals surface area contributed by atoms with Gasteiger partial charge in [-0.3, -0.25) is 9.69 Å². The molecule has 2 saturated carbocycles. The maximum atomic E-state index is 14.4. The number of aryl methyl sites for hydroxylation is 1. The van der Waals surface area contributed by atoms with Gasteiger partial charge in [0.05, 0.1) is 35.7 Å². The fourth-order valence-electron chi connectivity index (χ4n) is 6.36. The Hall–Kier alpha value is -4.97. The number of carbonyl (C=O) groups is 1. The summed E-state index contributed by atoms with van der Waals surface area (Å²) in [6.07, 6.45) is -3.73. The van der Waals surface area contributed by atoms with Crippen LogP contribution in [0.5, 0.6) is 0 Å². The molecule has 0 bridgehead atoms. The molecule has 3 aliphatic rings. The van der Waals surface area contributed by atoms with Gasteiger partial charge >= 0.3 is 12.4 Å². The standard InChI is InChI=1S/C34H30F6N8O/c1-47-18-43-46-30(47)23-6-5-21(33(35,36)37)15-24(23)20-13-28(45-32(7-8-32)9-10-41)44-29(14-20)48-17-26-25(31(48)49)11-19(12-27(26)34(38,39)40)16-42-22-3-2-4-22/h5-6,11-15,18,22,42H,2-4,7-9,16-17H2,1H3,(H,44,45). The molecule has 9 nitrogen and oxygen atoms in total. The van der Waals surface area contributed by atoms with Crippen LogP contribution >= 0.6 is 0 Å². The predicted octanol–water partition coefficient (Wildman–Crippen LogP) is 7.24. The Balaban J connectivity index is 1.35. The van der Waals surface area contributed by atoms with Crippen molar-refractivity contribution < 1.29 is 31.1 Å². The molecule has 0 saturated heterocycles. The second-order valence-corrected chi connectivity index (χ2v) is 12.9. The van der Waals surface area contributed by atoms with E-state index < -0.39 is 41.5 Å². The number of nitrogens with zero attached hydrogens (tertiary/aromatic N) is 6. The van der Waals surface area contributed by atoms with Crippen molar-refractivity contribution in [2.75, 3.05) is 10.2 Å². The molecule has 2 aromatic carbocycles. The van der Waals surface area contributed by atoms with Crippen molar-refractivity contribution >= 4 is 17.5 Å². The molecule has 0 atom stereocenters. The third kappa shape index (κ3) is 6.32. The van der Waals surface area contributed by atoms with Gasteiger partial charge in [0.1, 0.15) is 18.0 Å². The van der Waals surface area contributed by atoms with Crippen molar-refractivity contribution in [1.29, 1.82) is 5.26 Å². The maximum Gasteiger partial charge on any atom is 0.416 e. The molecule has 3 heterocycles. The third-order valence-electron chi connectivity index (χ3n) is 9.47. The number of hydrogen-bond acceptors (Lipinski definition) is 7. The van der Waals surface area contributed by atoms with Crippen molar-refractivity contribution in [3.63, 3.8) is 0 Å². The topological polar surface area (TPSA) is 112 Å². The van der Waals surface area contributed by atoms with Crippen LogP contribution in [-0.2, 0) is 32.5 Å². The van der Waals surface area contributed by atoms with Crippen LogP contribution in [0, 0.1) is 11.3 Å². The summed E-state index contributed by atoms with van der Waals surface area (Å²) in [6.45, 7) is -0.283. The van der Waals surface area contributed by atoms with E-state index in [2.05, 4.69) is 31.9 Å². The highest BCUT2D eigenvalue weighted by molar-refractivity contribution is 6.10. The quantitative estimate of drug-likeness (QED) is 0.179. The van der Waals surface area contributed by atoms with E-state index in [4.69, 9.17) is 0 Å². The summed E-state index contributed by atoms with van der Waals surface area (Å²) in [7, 11) is 1.63. The fraction of sp³-hybridized carbons (Fsp3) is 0.382. The Kier molecular flexibility index (Phi) is 7.89. The van der Waals surface area contributed by atoms with E-state index in [1.807, 2.05) is 0 Å². The van der Waals surface area contributed by atoms with Gasteiger partial charge in [0.2, 0.25) is 0 Å². The van der Waals surface area contributed by atoms with Gasteiger partial charge in [0.25, 0.3) is 5.91 Å². The Bertz CT molecular complexity index is 1990. The molecule has 15 heteroatoms. The molecule has 49 heavy (non-hydrogen) atoms. The molecule has 2 fully saturated rings. The molecule has 4 aromatic rings. The van der Waals surface area contributed by atoms with Crippen LogP contribution in [0.4, 0.5) is 38.0 Å². The summed E-state index contributed by atoms with van der Waals surface area (Å²) in [6, 6.07) is 10.9. The number of halogens is 6. The predicted molar refractivity (Wildman–Crippen MR) is 167 cm³/mol. The molecule has 0 radical (unpaired) electrons. The molecule has 7 rings (SSSR count). The number of pyridine rings is 1. The Morgan fingerprint density at radius 3 is 2.39 bits per heavy atom. The minimum absolute atomic E-state index is 0.0578. The summed E-state index contributed by atoms with van der Waals surface area (Å²) in [5.74, 6) is -0.344. The van der Waals surface area contributed by atoms with Crippen LogP contribution in [-0.4, -0.2) is 37.2 Å². The Morgan fingerprint density at radius 1 is 1.00 bits per heavy atom. The SMILES string of the molecule is Cn1cnnc1-c1ccc(C(F)(F)F)cc1-c1cc(NC2(CC#N)CC2)nc(N2Cc3c(cc(CNC4CCC4)cc3C(F)(F)F)C2=O)c1. The Labute approximate surface area is 277 Å². The first kappa shape index (κ1) is 32.6. The molecule has 1 amide bonds. The number of carbonyl (C=O) groups excluding carboxylic acids is 1. The fourth-order valence-corrected chi connectivity index (χ4v) is 6.36. The van der Waals surface area contributed by atoms with Crippen LogP contribution in [0.1, 0.15) is 71.1 Å². The number of fused-ring (bicyclic) bond motifs is 1. The maximum absolute atomic E-state index is 14.4. The second kappa shape index (κ2) is 11.9. The lowest BCUT2D eigenvalue weighted by Crippen LogP contribution is -2.34. The van der Waals surface area contributed by atoms with Crippen molar-refractivity contribution in [3.8, 4) is 28.6 Å². The number of rotatable bonds is 9. The number of amides is 1. The monoisotopic (exact) mass is 680 g/mol. The van der Waals surface area contributed by atoms with Crippen LogP contribution in [0.15, 0.2) is 48.8 Å². The summed E-state index contributed by atoms with van der Waals surface area (Å²) < 4.78 is 86.8. The molecule has 0 spiro atoms. The minimum Gasteiger partial charge on any atom is -0.364 e. The first-order chi connectivity index (χ1) is 23.2. The van der Waals surface area contributed by atoms with Gasteiger partial charge in [-0.1, -0.05) is 6.42 Å². The first-order valence-corrected chi connectivity index (χ1v) is 15.8. The number of nitrogens with one attached hydrogen (secondary N) is 2. The average molecular weight is 681 g/mol. The Morgan fingerprint density at radius 2 is 1.78 bits per heavy atom. The van der Waals surface area contributed by atoms with Crippen LogP contribution in [0.2, 0.25) is 0 Å². The highest BCUT2D eigenvalue weighted by atomic mass is 19.4. The third-order valence-corrected chi connectivity index (χ3v) is 9.47. The largest absolute Gasteiger partial charge is 0.416 e. The van der Waals surface area contributed by atoms with E-state index in [1.54, 1.807) is 7.05 Å². The van der Waals surface area contributed by atoms with Crippen LogP contribution in [0.3, 0.4) is 0 Å². The van der Waals surface area contributed by atoms with Crippen molar-refractivity contribution in [3.05, 3.63) is 76.6 Å². The lowest BCUT2D eigenvalue weighted by Gasteiger charge is -2.26. The van der Waals surface area contributed by atoms with Gasteiger partial charge < -0.3 is 15.2 Å². The normalized spacial score (nSPS) is 17.1. The smallest absolute Gasteiger partial charge is 0.364 e. The number of anilines is 2. The molecule has 254 valence electrons. The number of nitriles is 1. The van der Waals surface area contributed by atoms with E-state index in [1.165, 1.54) is 35.2 Å². The van der Waals surface area contributed by atoms with Crippen LogP contribution in [0.25, 0.3) is 22.5 Å². The summed E-state index contributed by atoms with van der Waals surface area (Å²) in [5.41, 5.74) is -1.88. The molecule has 2 aromatic heterocycles. The highest BCUT2D eigenvalue weighted by Crippen LogP contribution is 2.45. The molecular formula is C34H30F6N8O.